The second-order valence-corrected chi connectivity index (χ2v) is 7.59. The average molecular weight is 442 g/mol. The summed E-state index contributed by atoms with van der Waals surface area (Å²) in [6.45, 7) is 5.38. The molecule has 0 bridgehead atoms. The molecular weight excluding hydrogens is 420 g/mol. The van der Waals surface area contributed by atoms with E-state index in [4.69, 9.17) is 4.74 Å². The highest BCUT2D eigenvalue weighted by Crippen LogP contribution is 2.27. The highest BCUT2D eigenvalue weighted by molar-refractivity contribution is 5.99. The monoisotopic (exact) mass is 442 g/mol. The summed E-state index contributed by atoms with van der Waals surface area (Å²) in [6, 6.07) is 13.6. The third-order valence-corrected chi connectivity index (χ3v) is 5.49. The van der Waals surface area contributed by atoms with Gasteiger partial charge in [-0.05, 0) is 38.0 Å². The number of aromatic nitrogens is 4. The second kappa shape index (κ2) is 8.96. The number of ether oxygens (including phenoxy) is 1. The smallest absolute Gasteiger partial charge is 0.344 e. The zero-order valence-electron chi connectivity index (χ0n) is 18.5. The number of aryl methyl sites for hydroxylation is 1. The molecule has 0 atom stereocenters. The molecule has 4 aromatic rings. The second-order valence-electron chi connectivity index (χ2n) is 7.59. The van der Waals surface area contributed by atoms with Crippen molar-refractivity contribution in [1.29, 1.82) is 5.26 Å². The Morgan fingerprint density at radius 2 is 1.91 bits per heavy atom. The summed E-state index contributed by atoms with van der Waals surface area (Å²) in [7, 11) is 0. The number of anilines is 1. The standard InChI is InChI=1S/C24H22N6O3/c1-15-17(3)29(13-18-8-5-4-6-9-18)22(19(15)12-25)27-20(31)14-33-24(32)21-16(2)28-30-11-7-10-26-23(21)30/h4-11H,13-14H2,1-3H3,(H,27,31). The summed E-state index contributed by atoms with van der Waals surface area (Å²) in [5, 5.41) is 16.7. The van der Waals surface area contributed by atoms with Crippen LogP contribution in [0.25, 0.3) is 5.65 Å². The molecule has 1 aromatic carbocycles. The molecule has 0 fully saturated rings. The Bertz CT molecular complexity index is 1400. The molecule has 0 aliphatic rings. The molecule has 0 aliphatic carbocycles. The van der Waals surface area contributed by atoms with E-state index < -0.39 is 18.5 Å². The number of hydrogen-bond donors (Lipinski definition) is 1. The van der Waals surface area contributed by atoms with Crippen LogP contribution >= 0.6 is 0 Å². The third kappa shape index (κ3) is 4.19. The van der Waals surface area contributed by atoms with Crippen molar-refractivity contribution in [2.75, 3.05) is 11.9 Å². The molecule has 9 heteroatoms. The minimum absolute atomic E-state index is 0.209. The van der Waals surface area contributed by atoms with E-state index in [2.05, 4.69) is 21.5 Å². The largest absolute Gasteiger partial charge is 0.452 e. The van der Waals surface area contributed by atoms with Crippen molar-refractivity contribution in [3.05, 3.63) is 82.4 Å². The number of hydrogen-bond acceptors (Lipinski definition) is 6. The maximum Gasteiger partial charge on any atom is 0.344 e. The number of carbonyl (C=O) groups excluding carboxylic acids is 2. The van der Waals surface area contributed by atoms with Crippen LogP contribution in [-0.2, 0) is 16.1 Å². The summed E-state index contributed by atoms with van der Waals surface area (Å²) in [5.74, 6) is -0.858. The van der Waals surface area contributed by atoms with Gasteiger partial charge in [0.05, 0.1) is 11.3 Å². The van der Waals surface area contributed by atoms with Crippen LogP contribution in [0.2, 0.25) is 0 Å². The van der Waals surface area contributed by atoms with Crippen molar-refractivity contribution in [2.24, 2.45) is 0 Å². The van der Waals surface area contributed by atoms with E-state index in [0.29, 0.717) is 29.3 Å². The average Bonchev–Trinajstić information content (AvgIpc) is 3.26. The molecule has 166 valence electrons. The van der Waals surface area contributed by atoms with Gasteiger partial charge in [0.1, 0.15) is 17.5 Å². The molecule has 3 aromatic heterocycles. The molecule has 0 spiro atoms. The van der Waals surface area contributed by atoms with Gasteiger partial charge in [0.25, 0.3) is 5.91 Å². The van der Waals surface area contributed by atoms with Gasteiger partial charge in [0, 0.05) is 24.6 Å². The zero-order valence-corrected chi connectivity index (χ0v) is 18.5. The van der Waals surface area contributed by atoms with Crippen LogP contribution in [0.5, 0.6) is 0 Å². The predicted molar refractivity (Wildman–Crippen MR) is 121 cm³/mol. The van der Waals surface area contributed by atoms with Crippen molar-refractivity contribution in [3.63, 3.8) is 0 Å². The Morgan fingerprint density at radius 1 is 1.15 bits per heavy atom. The van der Waals surface area contributed by atoms with Gasteiger partial charge in [-0.1, -0.05) is 30.3 Å². The van der Waals surface area contributed by atoms with Crippen LogP contribution in [0.1, 0.15) is 38.4 Å². The lowest BCUT2D eigenvalue weighted by Gasteiger charge is -2.13. The molecule has 0 saturated carbocycles. The minimum Gasteiger partial charge on any atom is -0.452 e. The first kappa shape index (κ1) is 21.8. The molecular formula is C24H22N6O3. The maximum atomic E-state index is 12.7. The van der Waals surface area contributed by atoms with Gasteiger partial charge in [-0.15, -0.1) is 0 Å². The van der Waals surface area contributed by atoms with Crippen LogP contribution < -0.4 is 5.32 Å². The van der Waals surface area contributed by atoms with Crippen LogP contribution in [0, 0.1) is 32.1 Å². The van der Waals surface area contributed by atoms with E-state index in [-0.39, 0.29) is 5.56 Å². The van der Waals surface area contributed by atoms with Gasteiger partial charge in [0.15, 0.2) is 12.3 Å². The Labute approximate surface area is 190 Å². The summed E-state index contributed by atoms with van der Waals surface area (Å²) in [6.07, 6.45) is 3.22. The molecule has 3 heterocycles. The highest BCUT2D eigenvalue weighted by atomic mass is 16.5. The number of nitrogens with zero attached hydrogens (tertiary/aromatic N) is 5. The first-order valence-electron chi connectivity index (χ1n) is 10.3. The summed E-state index contributed by atoms with van der Waals surface area (Å²) in [5.41, 5.74) is 4.08. The molecule has 0 aliphatic heterocycles. The lowest BCUT2D eigenvalue weighted by Crippen LogP contribution is -2.23. The maximum absolute atomic E-state index is 12.7. The number of esters is 1. The fourth-order valence-corrected chi connectivity index (χ4v) is 3.70. The summed E-state index contributed by atoms with van der Waals surface area (Å²) < 4.78 is 8.60. The molecule has 0 unspecified atom stereocenters. The van der Waals surface area contributed by atoms with Gasteiger partial charge in [0.2, 0.25) is 0 Å². The Kier molecular flexibility index (Phi) is 5.91. The van der Waals surface area contributed by atoms with Crippen LogP contribution in [0.4, 0.5) is 5.82 Å². The Morgan fingerprint density at radius 3 is 2.64 bits per heavy atom. The minimum atomic E-state index is -0.691. The topological polar surface area (TPSA) is 114 Å². The number of rotatable bonds is 6. The van der Waals surface area contributed by atoms with E-state index in [9.17, 15) is 14.9 Å². The van der Waals surface area contributed by atoms with Gasteiger partial charge < -0.3 is 14.6 Å². The van der Waals surface area contributed by atoms with Gasteiger partial charge in [-0.2, -0.15) is 10.4 Å². The first-order chi connectivity index (χ1) is 15.9. The van der Waals surface area contributed by atoms with Gasteiger partial charge in [-0.25, -0.2) is 14.3 Å². The summed E-state index contributed by atoms with van der Waals surface area (Å²) in [4.78, 5) is 29.5. The normalized spacial score (nSPS) is 10.7. The van der Waals surface area contributed by atoms with E-state index in [1.807, 2.05) is 48.7 Å². The molecule has 1 amide bonds. The molecule has 1 N–H and O–H groups in total. The SMILES string of the molecule is Cc1nn2cccnc2c1C(=O)OCC(=O)Nc1c(C#N)c(C)c(C)n1Cc1ccccc1. The number of amides is 1. The Balaban J connectivity index is 1.52. The molecule has 9 nitrogen and oxygen atoms in total. The Hall–Kier alpha value is -4.45. The van der Waals surface area contributed by atoms with E-state index >= 15 is 0 Å². The van der Waals surface area contributed by atoms with Crippen molar-refractivity contribution in [2.45, 2.75) is 27.3 Å². The van der Waals surface area contributed by atoms with Crippen LogP contribution in [0.3, 0.4) is 0 Å². The number of nitrogens with one attached hydrogen (secondary N) is 1. The third-order valence-electron chi connectivity index (χ3n) is 5.49. The summed E-state index contributed by atoms with van der Waals surface area (Å²) >= 11 is 0. The number of benzene rings is 1. The molecule has 0 saturated heterocycles. The molecule has 33 heavy (non-hydrogen) atoms. The van der Waals surface area contributed by atoms with E-state index in [1.165, 1.54) is 4.52 Å². The van der Waals surface area contributed by atoms with Crippen molar-refractivity contribution >= 4 is 23.3 Å². The fourth-order valence-electron chi connectivity index (χ4n) is 3.70. The van der Waals surface area contributed by atoms with E-state index in [1.54, 1.807) is 25.4 Å². The lowest BCUT2D eigenvalue weighted by molar-refractivity contribution is -0.119. The zero-order chi connectivity index (χ0) is 23.5. The molecule has 0 radical (unpaired) electrons. The van der Waals surface area contributed by atoms with Crippen molar-refractivity contribution in [3.8, 4) is 6.07 Å². The number of carbonyl (C=O) groups is 2. The fraction of sp³-hybridized carbons (Fsp3) is 0.208. The molecule has 4 rings (SSSR count). The van der Waals surface area contributed by atoms with Crippen LogP contribution in [-0.4, -0.2) is 37.6 Å². The van der Waals surface area contributed by atoms with E-state index in [0.717, 1.165) is 16.8 Å². The van der Waals surface area contributed by atoms with Crippen molar-refractivity contribution in [1.82, 2.24) is 19.2 Å². The van der Waals surface area contributed by atoms with Gasteiger partial charge >= 0.3 is 5.97 Å². The van der Waals surface area contributed by atoms with Crippen LogP contribution in [0.15, 0.2) is 48.8 Å². The number of nitriles is 1. The predicted octanol–water partition coefficient (Wildman–Crippen LogP) is 3.17. The first-order valence-corrected chi connectivity index (χ1v) is 10.3. The lowest BCUT2D eigenvalue weighted by atomic mass is 10.2. The van der Waals surface area contributed by atoms with Gasteiger partial charge in [-0.3, -0.25) is 4.79 Å². The quantitative estimate of drug-likeness (QED) is 0.459. The highest BCUT2D eigenvalue weighted by Gasteiger charge is 2.23. The number of fused-ring (bicyclic) bond motifs is 1. The van der Waals surface area contributed by atoms with Crippen molar-refractivity contribution < 1.29 is 14.3 Å².